The molecule has 2 aliphatic rings. The van der Waals surface area contributed by atoms with Gasteiger partial charge >= 0.3 is 0 Å². The molecule has 1 aliphatic carbocycles. The fraction of sp³-hybridized carbons (Fsp3) is 0.842. The molecular weight excluding hydrogens is 335 g/mol. The third-order valence-electron chi connectivity index (χ3n) is 5.18. The second-order valence-corrected chi connectivity index (χ2v) is 8.57. The third kappa shape index (κ3) is 4.43. The predicted octanol–water partition coefficient (Wildman–Crippen LogP) is 4.79. The van der Waals surface area contributed by atoms with Gasteiger partial charge < -0.3 is 13.8 Å². The first-order valence-electron chi connectivity index (χ1n) is 9.60. The van der Waals surface area contributed by atoms with E-state index in [9.17, 15) is 0 Å². The van der Waals surface area contributed by atoms with Crippen LogP contribution in [-0.4, -0.2) is 42.2 Å². The van der Waals surface area contributed by atoms with Gasteiger partial charge in [-0.05, 0) is 26.2 Å². The number of ether oxygens (including phenoxy) is 1. The van der Waals surface area contributed by atoms with E-state index in [1.165, 1.54) is 5.57 Å². The van der Waals surface area contributed by atoms with Crippen molar-refractivity contribution in [2.24, 2.45) is 5.92 Å². The normalized spacial score (nSPS) is 32.3. The highest BCUT2D eigenvalue weighted by molar-refractivity contribution is 7.44. The highest BCUT2D eigenvalue weighted by Gasteiger charge is 2.61. The van der Waals surface area contributed by atoms with Gasteiger partial charge in [0.15, 0.2) is 0 Å². The van der Waals surface area contributed by atoms with Gasteiger partial charge in [0.25, 0.3) is 8.53 Å². The van der Waals surface area contributed by atoms with Crippen LogP contribution >= 0.6 is 8.53 Å². The fourth-order valence-corrected chi connectivity index (χ4v) is 5.93. The SMILES string of the molecule is C=C1C[C@]2(CC)O[C@@H](C)[C@H]1[C@@H]2OP(OCCC#N)N(CCC)CCC. The van der Waals surface area contributed by atoms with E-state index in [2.05, 4.69) is 45.0 Å². The van der Waals surface area contributed by atoms with E-state index in [4.69, 9.17) is 19.0 Å². The second kappa shape index (κ2) is 9.44. The number of fused-ring (bicyclic) bond motifs is 2. The summed E-state index contributed by atoms with van der Waals surface area (Å²) in [5, 5.41) is 8.84. The highest BCUT2D eigenvalue weighted by atomic mass is 31.2. The number of hydrogen-bond acceptors (Lipinski definition) is 5. The van der Waals surface area contributed by atoms with Crippen LogP contribution in [0.25, 0.3) is 0 Å². The molecule has 142 valence electrons. The molecule has 5 atom stereocenters. The standard InChI is InChI=1S/C19H33N2O3P/c1-6-11-21(12-7-2)25(22-13-9-10-20)24-18-17-15(4)14-19(18,8-3)23-16(17)5/h16-18H,4,6-9,11-14H2,1-3,5H3/t16-,17-,18-,19-,25?/m0/s1. The van der Waals surface area contributed by atoms with Crippen molar-refractivity contribution in [3.05, 3.63) is 12.2 Å². The van der Waals surface area contributed by atoms with Crippen molar-refractivity contribution >= 4 is 8.53 Å². The zero-order chi connectivity index (χ0) is 18.4. The molecule has 0 spiro atoms. The smallest absolute Gasteiger partial charge is 0.259 e. The van der Waals surface area contributed by atoms with E-state index in [0.29, 0.717) is 13.0 Å². The predicted molar refractivity (Wildman–Crippen MR) is 101 cm³/mol. The van der Waals surface area contributed by atoms with Gasteiger partial charge in [-0.15, -0.1) is 0 Å². The molecule has 0 N–H and O–H groups in total. The Morgan fingerprint density at radius 2 is 2.04 bits per heavy atom. The third-order valence-corrected chi connectivity index (χ3v) is 6.85. The van der Waals surface area contributed by atoms with E-state index >= 15 is 0 Å². The first-order valence-corrected chi connectivity index (χ1v) is 10.7. The van der Waals surface area contributed by atoms with Crippen LogP contribution in [0, 0.1) is 17.2 Å². The van der Waals surface area contributed by atoms with Crippen LogP contribution in [0.5, 0.6) is 0 Å². The fourth-order valence-electron chi connectivity index (χ4n) is 4.08. The average molecular weight is 368 g/mol. The van der Waals surface area contributed by atoms with Gasteiger partial charge in [-0.25, -0.2) is 4.67 Å². The van der Waals surface area contributed by atoms with E-state index in [-0.39, 0.29) is 23.7 Å². The van der Waals surface area contributed by atoms with E-state index < -0.39 is 8.53 Å². The lowest BCUT2D eigenvalue weighted by Gasteiger charge is -2.35. The average Bonchev–Trinajstić information content (AvgIpc) is 3.00. The molecule has 1 unspecified atom stereocenters. The molecule has 0 aromatic carbocycles. The Morgan fingerprint density at radius 1 is 1.36 bits per heavy atom. The molecule has 0 amide bonds. The van der Waals surface area contributed by atoms with Gasteiger partial charge in [-0.3, -0.25) is 0 Å². The molecule has 0 aromatic heterocycles. The Kier molecular flexibility index (Phi) is 7.86. The summed E-state index contributed by atoms with van der Waals surface area (Å²) in [6.45, 7) is 15.2. The maximum Gasteiger partial charge on any atom is 0.259 e. The van der Waals surface area contributed by atoms with E-state index in [1.54, 1.807) is 0 Å². The quantitative estimate of drug-likeness (QED) is 0.298. The topological polar surface area (TPSA) is 54.7 Å². The number of nitrogens with zero attached hydrogens (tertiary/aromatic N) is 2. The van der Waals surface area contributed by atoms with Crippen LogP contribution in [0.3, 0.4) is 0 Å². The zero-order valence-corrected chi connectivity index (χ0v) is 17.1. The first-order chi connectivity index (χ1) is 12.0. The van der Waals surface area contributed by atoms with Crippen LogP contribution in [0.1, 0.15) is 59.8 Å². The molecule has 2 rings (SSSR count). The minimum Gasteiger partial charge on any atom is -0.368 e. The molecule has 25 heavy (non-hydrogen) atoms. The Balaban J connectivity index is 2.17. The summed E-state index contributed by atoms with van der Waals surface area (Å²) in [6.07, 6.45) is 4.44. The van der Waals surface area contributed by atoms with Crippen molar-refractivity contribution in [1.29, 1.82) is 5.26 Å². The Hall–Kier alpha value is -0.500. The molecule has 1 aliphatic heterocycles. The number of hydrogen-bond donors (Lipinski definition) is 0. The molecule has 1 saturated heterocycles. The number of rotatable bonds is 11. The Labute approximate surface area is 154 Å². The van der Waals surface area contributed by atoms with Crippen LogP contribution in [0.15, 0.2) is 12.2 Å². The van der Waals surface area contributed by atoms with Crippen LogP contribution in [-0.2, 0) is 13.8 Å². The zero-order valence-electron chi connectivity index (χ0n) is 16.2. The minimum absolute atomic E-state index is 0.00408. The molecule has 0 aromatic rings. The Bertz CT molecular complexity index is 490. The van der Waals surface area contributed by atoms with Gasteiger partial charge in [-0.2, -0.15) is 5.26 Å². The largest absolute Gasteiger partial charge is 0.368 e. The summed E-state index contributed by atoms with van der Waals surface area (Å²) in [5.41, 5.74) is 0.986. The van der Waals surface area contributed by atoms with Gasteiger partial charge in [0.05, 0.1) is 30.8 Å². The maximum atomic E-state index is 8.84. The van der Waals surface area contributed by atoms with Crippen molar-refractivity contribution in [3.63, 3.8) is 0 Å². The van der Waals surface area contributed by atoms with Crippen molar-refractivity contribution in [1.82, 2.24) is 4.67 Å². The molecule has 1 heterocycles. The summed E-state index contributed by atoms with van der Waals surface area (Å²) in [6, 6.07) is 2.15. The molecule has 0 radical (unpaired) electrons. The van der Waals surface area contributed by atoms with Gasteiger partial charge in [0, 0.05) is 25.4 Å². The highest BCUT2D eigenvalue weighted by Crippen LogP contribution is 2.58. The lowest BCUT2D eigenvalue weighted by atomic mass is 9.96. The van der Waals surface area contributed by atoms with Crippen molar-refractivity contribution < 1.29 is 13.8 Å². The summed E-state index contributed by atoms with van der Waals surface area (Å²) in [5.74, 6) is 0.245. The van der Waals surface area contributed by atoms with Crippen molar-refractivity contribution in [2.45, 2.75) is 77.6 Å². The van der Waals surface area contributed by atoms with Gasteiger partial charge in [-0.1, -0.05) is 32.9 Å². The van der Waals surface area contributed by atoms with Gasteiger partial charge in [0.2, 0.25) is 0 Å². The number of nitriles is 1. The molecule has 6 heteroatoms. The summed E-state index contributed by atoms with van der Waals surface area (Å²) in [4.78, 5) is 0. The van der Waals surface area contributed by atoms with Crippen LogP contribution in [0.4, 0.5) is 0 Å². The van der Waals surface area contributed by atoms with Crippen LogP contribution in [0.2, 0.25) is 0 Å². The first kappa shape index (κ1) is 20.8. The van der Waals surface area contributed by atoms with Crippen molar-refractivity contribution in [2.75, 3.05) is 19.7 Å². The van der Waals surface area contributed by atoms with E-state index in [0.717, 1.165) is 38.8 Å². The summed E-state index contributed by atoms with van der Waals surface area (Å²) >= 11 is 0. The molecule has 1 saturated carbocycles. The molecule has 5 nitrogen and oxygen atoms in total. The maximum absolute atomic E-state index is 8.84. The lowest BCUT2D eigenvalue weighted by molar-refractivity contribution is -0.0764. The lowest BCUT2D eigenvalue weighted by Crippen LogP contribution is -2.38. The van der Waals surface area contributed by atoms with Crippen molar-refractivity contribution in [3.8, 4) is 6.07 Å². The monoisotopic (exact) mass is 368 g/mol. The minimum atomic E-state index is -1.19. The van der Waals surface area contributed by atoms with Gasteiger partial charge in [0.1, 0.15) is 6.10 Å². The van der Waals surface area contributed by atoms with Crippen LogP contribution < -0.4 is 0 Å². The summed E-state index contributed by atoms with van der Waals surface area (Å²) in [7, 11) is -1.19. The Morgan fingerprint density at radius 3 is 2.56 bits per heavy atom. The molecule has 2 fully saturated rings. The van der Waals surface area contributed by atoms with E-state index in [1.807, 2.05) is 0 Å². The molecular formula is C19H33N2O3P. The molecule has 2 bridgehead atoms. The summed E-state index contributed by atoms with van der Waals surface area (Å²) < 4.78 is 21.3. The second-order valence-electron chi connectivity index (χ2n) is 7.06.